The van der Waals surface area contributed by atoms with E-state index in [1.54, 1.807) is 0 Å². The normalized spacial score (nSPS) is 14.0. The predicted molar refractivity (Wildman–Crippen MR) is 125 cm³/mol. The number of carbonyl (C=O) groups is 2. The fourth-order valence-corrected chi connectivity index (χ4v) is 3.96. The fourth-order valence-electron chi connectivity index (χ4n) is 3.66. The predicted octanol–water partition coefficient (Wildman–Crippen LogP) is 4.28. The van der Waals surface area contributed by atoms with E-state index < -0.39 is 0 Å². The molecule has 0 aliphatic carbocycles. The van der Waals surface area contributed by atoms with Crippen molar-refractivity contribution in [3.8, 4) is 5.75 Å². The number of hydrogen-bond donors (Lipinski definition) is 1. The Kier molecular flexibility index (Phi) is 7.44. The van der Waals surface area contributed by atoms with Crippen LogP contribution in [0.2, 0.25) is 5.02 Å². The van der Waals surface area contributed by atoms with Crippen LogP contribution in [0.1, 0.15) is 25.0 Å². The molecule has 0 atom stereocenters. The summed E-state index contributed by atoms with van der Waals surface area (Å²) in [5, 5.41) is 3.50. The van der Waals surface area contributed by atoms with Crippen LogP contribution >= 0.6 is 11.6 Å². The number of ether oxygens (including phenoxy) is 1. The number of rotatable bonds is 6. The molecule has 1 fully saturated rings. The van der Waals surface area contributed by atoms with E-state index >= 15 is 0 Å². The largest absolute Gasteiger partial charge is 0.483 e. The number of para-hydroxylation sites is 1. The number of nitrogens with one attached hydrogen (secondary N) is 1. The van der Waals surface area contributed by atoms with Crippen molar-refractivity contribution in [2.75, 3.05) is 43.0 Å². The first-order valence-corrected chi connectivity index (χ1v) is 11.0. The van der Waals surface area contributed by atoms with Crippen LogP contribution in [0.15, 0.2) is 36.4 Å². The van der Waals surface area contributed by atoms with Crippen molar-refractivity contribution in [3.05, 3.63) is 52.5 Å². The first-order chi connectivity index (χ1) is 14.8. The summed E-state index contributed by atoms with van der Waals surface area (Å²) in [4.78, 5) is 28.9. The van der Waals surface area contributed by atoms with E-state index in [1.807, 2.05) is 69.0 Å². The highest BCUT2D eigenvalue weighted by Gasteiger charge is 2.25. The third-order valence-electron chi connectivity index (χ3n) is 5.58. The second kappa shape index (κ2) is 10.1. The molecule has 166 valence electrons. The summed E-state index contributed by atoms with van der Waals surface area (Å²) >= 11 is 6.50. The maximum absolute atomic E-state index is 12.6. The summed E-state index contributed by atoms with van der Waals surface area (Å²) in [5.41, 5.74) is 3.56. The third kappa shape index (κ3) is 5.50. The standard InChI is InChI=1S/C24H30ClN3O3/c1-16(2)24(30)28-13-11-27(12-14-28)23-19(25)8-6-9-20(23)26-22(29)15-31-21-10-5-7-17(3)18(21)4/h5-10,16H,11-15H2,1-4H3,(H,26,29). The van der Waals surface area contributed by atoms with Gasteiger partial charge in [0, 0.05) is 32.1 Å². The fraction of sp³-hybridized carbons (Fsp3) is 0.417. The average Bonchev–Trinajstić information content (AvgIpc) is 2.74. The second-order valence-electron chi connectivity index (χ2n) is 8.14. The Morgan fingerprint density at radius 3 is 2.42 bits per heavy atom. The number of piperazine rings is 1. The zero-order valence-corrected chi connectivity index (χ0v) is 19.3. The smallest absolute Gasteiger partial charge is 0.262 e. The lowest BCUT2D eigenvalue weighted by molar-refractivity contribution is -0.134. The molecule has 0 aromatic heterocycles. The Bertz CT molecular complexity index is 953. The van der Waals surface area contributed by atoms with E-state index in [1.165, 1.54) is 0 Å². The molecule has 1 N–H and O–H groups in total. The van der Waals surface area contributed by atoms with Gasteiger partial charge in [-0.25, -0.2) is 0 Å². The average molecular weight is 444 g/mol. The van der Waals surface area contributed by atoms with Crippen LogP contribution in [-0.2, 0) is 9.59 Å². The number of aryl methyl sites for hydroxylation is 1. The van der Waals surface area contributed by atoms with Crippen molar-refractivity contribution >= 4 is 34.8 Å². The van der Waals surface area contributed by atoms with Crippen molar-refractivity contribution in [1.29, 1.82) is 0 Å². The number of benzene rings is 2. The molecular formula is C24H30ClN3O3. The highest BCUT2D eigenvalue weighted by Crippen LogP contribution is 2.34. The Hall–Kier alpha value is -2.73. The van der Waals surface area contributed by atoms with E-state index in [0.717, 1.165) is 16.8 Å². The molecule has 2 aromatic rings. The minimum Gasteiger partial charge on any atom is -0.483 e. The topological polar surface area (TPSA) is 61.9 Å². The first kappa shape index (κ1) is 22.9. The van der Waals surface area contributed by atoms with Crippen molar-refractivity contribution in [1.82, 2.24) is 4.90 Å². The second-order valence-corrected chi connectivity index (χ2v) is 8.55. The van der Waals surface area contributed by atoms with E-state index in [9.17, 15) is 9.59 Å². The molecule has 0 radical (unpaired) electrons. The van der Waals surface area contributed by atoms with Gasteiger partial charge in [0.15, 0.2) is 6.61 Å². The van der Waals surface area contributed by atoms with Gasteiger partial charge in [-0.3, -0.25) is 9.59 Å². The molecule has 6 nitrogen and oxygen atoms in total. The molecule has 7 heteroatoms. The van der Waals surface area contributed by atoms with Crippen LogP contribution < -0.4 is 15.0 Å². The van der Waals surface area contributed by atoms with Crippen molar-refractivity contribution in [3.63, 3.8) is 0 Å². The number of amides is 2. The number of carbonyl (C=O) groups excluding carboxylic acids is 2. The Labute approximate surface area is 189 Å². The molecule has 0 bridgehead atoms. The molecule has 0 unspecified atom stereocenters. The minimum absolute atomic E-state index is 0.0150. The van der Waals surface area contributed by atoms with Gasteiger partial charge in [-0.1, -0.05) is 43.6 Å². The van der Waals surface area contributed by atoms with Gasteiger partial charge in [0.25, 0.3) is 5.91 Å². The summed E-state index contributed by atoms with van der Waals surface area (Å²) in [6.07, 6.45) is 0. The first-order valence-electron chi connectivity index (χ1n) is 10.6. The number of nitrogens with zero attached hydrogens (tertiary/aromatic N) is 2. The maximum atomic E-state index is 12.6. The van der Waals surface area contributed by atoms with Gasteiger partial charge in [0.2, 0.25) is 5.91 Å². The summed E-state index contributed by atoms with van der Waals surface area (Å²) in [6, 6.07) is 11.2. The molecular weight excluding hydrogens is 414 g/mol. The summed E-state index contributed by atoms with van der Waals surface area (Å²) in [6.45, 7) is 10.3. The van der Waals surface area contributed by atoms with Gasteiger partial charge >= 0.3 is 0 Å². The quantitative estimate of drug-likeness (QED) is 0.723. The molecule has 31 heavy (non-hydrogen) atoms. The number of anilines is 2. The van der Waals surface area contributed by atoms with Crippen LogP contribution in [0.3, 0.4) is 0 Å². The highest BCUT2D eigenvalue weighted by atomic mass is 35.5. The zero-order chi connectivity index (χ0) is 22.5. The van der Waals surface area contributed by atoms with Gasteiger partial charge in [-0.05, 0) is 43.2 Å². The van der Waals surface area contributed by atoms with Crippen LogP contribution in [0.4, 0.5) is 11.4 Å². The molecule has 0 saturated carbocycles. The van der Waals surface area contributed by atoms with Gasteiger partial charge in [-0.15, -0.1) is 0 Å². The lowest BCUT2D eigenvalue weighted by Gasteiger charge is -2.38. The Morgan fingerprint density at radius 1 is 1.06 bits per heavy atom. The van der Waals surface area contributed by atoms with Gasteiger partial charge in [0.1, 0.15) is 5.75 Å². The Morgan fingerprint density at radius 2 is 1.74 bits per heavy atom. The molecule has 0 spiro atoms. The van der Waals surface area contributed by atoms with Crippen LogP contribution in [0.25, 0.3) is 0 Å². The SMILES string of the molecule is Cc1cccc(OCC(=O)Nc2cccc(Cl)c2N2CCN(C(=O)C(C)C)CC2)c1C. The minimum atomic E-state index is -0.252. The lowest BCUT2D eigenvalue weighted by Crippen LogP contribution is -2.50. The molecule has 2 amide bonds. The molecule has 3 rings (SSSR count). The molecule has 1 aliphatic rings. The summed E-state index contributed by atoms with van der Waals surface area (Å²) in [5.74, 6) is 0.597. The van der Waals surface area contributed by atoms with E-state index in [2.05, 4.69) is 10.2 Å². The van der Waals surface area contributed by atoms with Gasteiger partial charge in [0.05, 0.1) is 16.4 Å². The number of hydrogen-bond acceptors (Lipinski definition) is 4. The van der Waals surface area contributed by atoms with Gasteiger partial charge in [-0.2, -0.15) is 0 Å². The van der Waals surface area contributed by atoms with Crippen LogP contribution in [0.5, 0.6) is 5.75 Å². The maximum Gasteiger partial charge on any atom is 0.262 e. The monoisotopic (exact) mass is 443 g/mol. The zero-order valence-electron chi connectivity index (χ0n) is 18.6. The molecule has 1 saturated heterocycles. The molecule has 1 heterocycles. The van der Waals surface area contributed by atoms with Crippen molar-refractivity contribution < 1.29 is 14.3 Å². The van der Waals surface area contributed by atoms with Crippen LogP contribution in [0, 0.1) is 19.8 Å². The lowest BCUT2D eigenvalue weighted by atomic mass is 10.1. The van der Waals surface area contributed by atoms with E-state index in [4.69, 9.17) is 16.3 Å². The van der Waals surface area contributed by atoms with Gasteiger partial charge < -0.3 is 19.9 Å². The highest BCUT2D eigenvalue weighted by molar-refractivity contribution is 6.34. The van der Waals surface area contributed by atoms with E-state index in [-0.39, 0.29) is 24.3 Å². The van der Waals surface area contributed by atoms with Crippen molar-refractivity contribution in [2.45, 2.75) is 27.7 Å². The molecule has 1 aliphatic heterocycles. The third-order valence-corrected chi connectivity index (χ3v) is 5.88. The van der Waals surface area contributed by atoms with Crippen LogP contribution in [-0.4, -0.2) is 49.5 Å². The molecule has 2 aromatic carbocycles. The van der Waals surface area contributed by atoms with E-state index in [0.29, 0.717) is 42.6 Å². The van der Waals surface area contributed by atoms with Crippen molar-refractivity contribution in [2.24, 2.45) is 5.92 Å². The summed E-state index contributed by atoms with van der Waals surface area (Å²) < 4.78 is 5.73. The Balaban J connectivity index is 1.66. The number of halogens is 1. The summed E-state index contributed by atoms with van der Waals surface area (Å²) in [7, 11) is 0.